The van der Waals surface area contributed by atoms with Gasteiger partial charge in [0.2, 0.25) is 11.8 Å². The molecule has 5 nitrogen and oxygen atoms in total. The number of halogens is 2. The van der Waals surface area contributed by atoms with Crippen LogP contribution in [-0.4, -0.2) is 16.0 Å². The van der Waals surface area contributed by atoms with Gasteiger partial charge in [-0.05, 0) is 31.1 Å². The Labute approximate surface area is 156 Å². The van der Waals surface area contributed by atoms with Gasteiger partial charge in [-0.1, -0.05) is 53.7 Å². The van der Waals surface area contributed by atoms with Crippen molar-refractivity contribution >= 4 is 35.2 Å². The number of rotatable bonds is 4. The third-order valence-corrected chi connectivity index (χ3v) is 5.09. The predicted molar refractivity (Wildman–Crippen MR) is 97.4 cm³/mol. The maximum atomic E-state index is 12.5. The Morgan fingerprint density at radius 2 is 1.92 bits per heavy atom. The van der Waals surface area contributed by atoms with Crippen molar-refractivity contribution in [2.24, 2.45) is 0 Å². The number of carbonyl (C=O) groups is 1. The molecule has 1 aromatic carbocycles. The number of hydrogen-bond donors (Lipinski definition) is 1. The Morgan fingerprint density at radius 1 is 1.24 bits per heavy atom. The Hall–Kier alpha value is -1.85. The van der Waals surface area contributed by atoms with Gasteiger partial charge in [0.05, 0.1) is 0 Å². The average molecular weight is 380 g/mol. The highest BCUT2D eigenvalue weighted by Crippen LogP contribution is 2.35. The molecule has 0 unspecified atom stereocenters. The smallest absolute Gasteiger partial charge is 0.244 e. The molecule has 2 aromatic rings. The number of nitrogens with zero attached hydrogens (tertiary/aromatic N) is 2. The zero-order valence-corrected chi connectivity index (χ0v) is 15.4. The standard InChI is InChI=1S/C18H19Cl2N3O2/c1-12-21-17(23-25-12)18(10-3-2-4-11-18)22-16(24)9-8-13-14(19)6-5-7-15(13)20/h5-9H,2-4,10-11H2,1H3,(H,22,24)/b9-8+. The molecule has 132 valence electrons. The van der Waals surface area contributed by atoms with Gasteiger partial charge in [0.15, 0.2) is 5.82 Å². The Bertz CT molecular complexity index is 775. The summed E-state index contributed by atoms with van der Waals surface area (Å²) in [6, 6.07) is 5.23. The first-order valence-corrected chi connectivity index (χ1v) is 9.01. The van der Waals surface area contributed by atoms with Crippen LogP contribution in [0.3, 0.4) is 0 Å². The van der Waals surface area contributed by atoms with Crippen molar-refractivity contribution in [1.29, 1.82) is 0 Å². The number of hydrogen-bond acceptors (Lipinski definition) is 4. The first kappa shape index (κ1) is 18.0. The van der Waals surface area contributed by atoms with E-state index < -0.39 is 5.54 Å². The van der Waals surface area contributed by atoms with Crippen molar-refractivity contribution in [3.8, 4) is 0 Å². The lowest BCUT2D eigenvalue weighted by Crippen LogP contribution is -2.47. The Kier molecular flexibility index (Phi) is 5.45. The molecule has 25 heavy (non-hydrogen) atoms. The minimum absolute atomic E-state index is 0.236. The summed E-state index contributed by atoms with van der Waals surface area (Å²) >= 11 is 12.3. The number of carbonyl (C=O) groups excluding carboxylic acids is 1. The molecular formula is C18H19Cl2N3O2. The van der Waals surface area contributed by atoms with E-state index in [0.29, 0.717) is 27.3 Å². The quantitative estimate of drug-likeness (QED) is 0.783. The van der Waals surface area contributed by atoms with Crippen molar-refractivity contribution in [2.45, 2.75) is 44.6 Å². The summed E-state index contributed by atoms with van der Waals surface area (Å²) < 4.78 is 5.12. The number of aryl methyl sites for hydroxylation is 1. The second-order valence-electron chi connectivity index (χ2n) is 6.24. The second kappa shape index (κ2) is 7.58. The zero-order chi connectivity index (χ0) is 17.9. The van der Waals surface area contributed by atoms with Gasteiger partial charge in [0, 0.05) is 28.6 Å². The van der Waals surface area contributed by atoms with E-state index in [4.69, 9.17) is 27.7 Å². The molecule has 1 saturated carbocycles. The normalized spacial score (nSPS) is 16.9. The van der Waals surface area contributed by atoms with Gasteiger partial charge in [0.1, 0.15) is 5.54 Å². The van der Waals surface area contributed by atoms with E-state index in [0.717, 1.165) is 32.1 Å². The maximum absolute atomic E-state index is 12.5. The van der Waals surface area contributed by atoms with Gasteiger partial charge in [-0.2, -0.15) is 4.98 Å². The van der Waals surface area contributed by atoms with Crippen LogP contribution in [0.1, 0.15) is 49.4 Å². The van der Waals surface area contributed by atoms with E-state index in [1.165, 1.54) is 6.08 Å². The van der Waals surface area contributed by atoms with Crippen LogP contribution in [0.5, 0.6) is 0 Å². The van der Waals surface area contributed by atoms with Gasteiger partial charge in [-0.25, -0.2) is 0 Å². The summed E-state index contributed by atoms with van der Waals surface area (Å²) in [6.07, 6.45) is 7.80. The molecular weight excluding hydrogens is 361 g/mol. The van der Waals surface area contributed by atoms with Crippen LogP contribution in [0.25, 0.3) is 6.08 Å². The van der Waals surface area contributed by atoms with Crippen LogP contribution in [0, 0.1) is 6.92 Å². The third-order valence-electron chi connectivity index (χ3n) is 4.43. The zero-order valence-electron chi connectivity index (χ0n) is 13.9. The maximum Gasteiger partial charge on any atom is 0.244 e. The summed E-state index contributed by atoms with van der Waals surface area (Å²) in [4.78, 5) is 16.9. The molecule has 1 amide bonds. The minimum Gasteiger partial charge on any atom is -0.340 e. The molecule has 1 N–H and O–H groups in total. The lowest BCUT2D eigenvalue weighted by Gasteiger charge is -2.34. The molecule has 1 aromatic heterocycles. The molecule has 1 heterocycles. The number of benzene rings is 1. The van der Waals surface area contributed by atoms with Crippen molar-refractivity contribution in [2.75, 3.05) is 0 Å². The van der Waals surface area contributed by atoms with E-state index in [1.54, 1.807) is 31.2 Å². The molecule has 0 spiro atoms. The van der Waals surface area contributed by atoms with Crippen LogP contribution in [0.2, 0.25) is 10.0 Å². The summed E-state index contributed by atoms with van der Waals surface area (Å²) in [5.74, 6) is 0.801. The van der Waals surface area contributed by atoms with E-state index in [-0.39, 0.29) is 5.91 Å². The molecule has 3 rings (SSSR count). The molecule has 0 atom stereocenters. The molecule has 7 heteroatoms. The lowest BCUT2D eigenvalue weighted by atomic mass is 9.81. The fourth-order valence-electron chi connectivity index (χ4n) is 3.16. The van der Waals surface area contributed by atoms with E-state index in [1.807, 2.05) is 0 Å². The molecule has 0 aliphatic heterocycles. The van der Waals surface area contributed by atoms with Gasteiger partial charge >= 0.3 is 0 Å². The van der Waals surface area contributed by atoms with Crippen LogP contribution < -0.4 is 5.32 Å². The van der Waals surface area contributed by atoms with Crippen molar-refractivity contribution in [3.05, 3.63) is 51.6 Å². The fourth-order valence-corrected chi connectivity index (χ4v) is 3.68. The third kappa shape index (κ3) is 4.05. The van der Waals surface area contributed by atoms with E-state index >= 15 is 0 Å². The van der Waals surface area contributed by atoms with E-state index in [9.17, 15) is 4.79 Å². The fraction of sp³-hybridized carbons (Fsp3) is 0.389. The SMILES string of the molecule is Cc1nc(C2(NC(=O)/C=C/c3c(Cl)cccc3Cl)CCCCC2)no1. The lowest BCUT2D eigenvalue weighted by molar-refractivity contribution is -0.119. The second-order valence-corrected chi connectivity index (χ2v) is 7.05. The first-order valence-electron chi connectivity index (χ1n) is 8.25. The van der Waals surface area contributed by atoms with Crippen molar-refractivity contribution in [3.63, 3.8) is 0 Å². The van der Waals surface area contributed by atoms with Crippen LogP contribution in [0.15, 0.2) is 28.8 Å². The predicted octanol–water partition coefficient (Wildman–Crippen LogP) is 4.67. The van der Waals surface area contributed by atoms with Gasteiger partial charge < -0.3 is 9.84 Å². The molecule has 0 saturated heterocycles. The number of nitrogens with one attached hydrogen (secondary N) is 1. The van der Waals surface area contributed by atoms with Crippen LogP contribution >= 0.6 is 23.2 Å². The topological polar surface area (TPSA) is 68.0 Å². The molecule has 0 bridgehead atoms. The number of amides is 1. The first-order chi connectivity index (χ1) is 12.0. The molecule has 1 fully saturated rings. The Balaban J connectivity index is 1.80. The van der Waals surface area contributed by atoms with Crippen molar-refractivity contribution < 1.29 is 9.32 Å². The van der Waals surface area contributed by atoms with Crippen LogP contribution in [0.4, 0.5) is 0 Å². The monoisotopic (exact) mass is 379 g/mol. The highest BCUT2D eigenvalue weighted by molar-refractivity contribution is 6.37. The van der Waals surface area contributed by atoms with E-state index in [2.05, 4.69) is 15.5 Å². The van der Waals surface area contributed by atoms with Crippen molar-refractivity contribution in [1.82, 2.24) is 15.5 Å². The Morgan fingerprint density at radius 3 is 2.52 bits per heavy atom. The molecule has 1 aliphatic rings. The van der Waals surface area contributed by atoms with Gasteiger partial charge in [0.25, 0.3) is 0 Å². The van der Waals surface area contributed by atoms with Gasteiger partial charge in [-0.15, -0.1) is 0 Å². The summed E-state index contributed by atoms with van der Waals surface area (Å²) in [6.45, 7) is 1.74. The van der Waals surface area contributed by atoms with Crippen LogP contribution in [-0.2, 0) is 10.3 Å². The summed E-state index contributed by atoms with van der Waals surface area (Å²) in [7, 11) is 0. The average Bonchev–Trinajstić information content (AvgIpc) is 3.02. The summed E-state index contributed by atoms with van der Waals surface area (Å²) in [5.41, 5.74) is 0.0379. The largest absolute Gasteiger partial charge is 0.340 e. The summed E-state index contributed by atoms with van der Waals surface area (Å²) in [5, 5.41) is 8.11. The highest BCUT2D eigenvalue weighted by Gasteiger charge is 2.39. The highest BCUT2D eigenvalue weighted by atomic mass is 35.5. The number of aromatic nitrogens is 2. The molecule has 1 aliphatic carbocycles. The molecule has 0 radical (unpaired) electrons. The minimum atomic E-state index is -0.582. The van der Waals surface area contributed by atoms with Gasteiger partial charge in [-0.3, -0.25) is 4.79 Å².